The van der Waals surface area contributed by atoms with Crippen LogP contribution >= 0.6 is 0 Å². The van der Waals surface area contributed by atoms with Crippen molar-refractivity contribution in [2.75, 3.05) is 4.90 Å². The number of carbonyl (C=O) groups is 1. The molecule has 3 aromatic carbocycles. The Bertz CT molecular complexity index is 1170. The number of carbonyl (C=O) groups excluding carboxylic acids is 1. The molecule has 0 fully saturated rings. The summed E-state index contributed by atoms with van der Waals surface area (Å²) in [6.45, 7) is 0.471. The van der Waals surface area contributed by atoms with Crippen molar-refractivity contribution in [1.82, 2.24) is 4.98 Å². The molecule has 0 radical (unpaired) electrons. The Labute approximate surface area is 156 Å². The highest BCUT2D eigenvalue weighted by Crippen LogP contribution is 2.35. The normalized spacial score (nSPS) is 14.9. The number of hydrogen-bond acceptors (Lipinski definition) is 2. The second-order valence-corrected chi connectivity index (χ2v) is 6.56. The SMILES string of the molecule is O=C1/C(=N\Cc2ccc3[nH]ccc3c2)c2ccccc2N1c1ccccc1. The highest BCUT2D eigenvalue weighted by Gasteiger charge is 2.34. The standard InChI is InChI=1S/C23H17N3O/c27-23-22(25-15-16-10-11-20-17(14-16)12-13-24-20)19-8-4-5-9-21(19)26(23)18-6-2-1-3-7-18/h1-14,24H,15H2/b25-22-. The van der Waals surface area contributed by atoms with E-state index < -0.39 is 0 Å². The van der Waals surface area contributed by atoms with Crippen LogP contribution in [-0.2, 0) is 11.3 Å². The molecule has 0 saturated carbocycles. The van der Waals surface area contributed by atoms with Crippen LogP contribution in [0.5, 0.6) is 0 Å². The van der Waals surface area contributed by atoms with Crippen molar-refractivity contribution in [3.63, 3.8) is 0 Å². The quantitative estimate of drug-likeness (QED) is 0.564. The van der Waals surface area contributed by atoms with Gasteiger partial charge in [-0.05, 0) is 47.3 Å². The van der Waals surface area contributed by atoms with Crippen LogP contribution in [0.15, 0.2) is 90.1 Å². The maximum atomic E-state index is 13.1. The van der Waals surface area contributed by atoms with E-state index in [1.165, 1.54) is 0 Å². The number of aromatic amines is 1. The van der Waals surface area contributed by atoms with Crippen molar-refractivity contribution in [3.05, 3.63) is 96.2 Å². The van der Waals surface area contributed by atoms with Gasteiger partial charge < -0.3 is 4.98 Å². The molecule has 5 rings (SSSR count). The van der Waals surface area contributed by atoms with Crippen molar-refractivity contribution < 1.29 is 4.79 Å². The van der Waals surface area contributed by atoms with Gasteiger partial charge in [0.2, 0.25) is 0 Å². The third-order valence-corrected chi connectivity index (χ3v) is 4.86. The maximum Gasteiger partial charge on any atom is 0.281 e. The first-order chi connectivity index (χ1) is 13.3. The first-order valence-electron chi connectivity index (χ1n) is 8.91. The Kier molecular flexibility index (Phi) is 3.61. The summed E-state index contributed by atoms with van der Waals surface area (Å²) in [5.41, 5.74) is 5.32. The highest BCUT2D eigenvalue weighted by atomic mass is 16.2. The second-order valence-electron chi connectivity index (χ2n) is 6.56. The fourth-order valence-electron chi connectivity index (χ4n) is 3.56. The van der Waals surface area contributed by atoms with Crippen molar-refractivity contribution in [2.45, 2.75) is 6.54 Å². The molecule has 0 unspecified atom stereocenters. The summed E-state index contributed by atoms with van der Waals surface area (Å²) in [6, 6.07) is 25.8. The number of fused-ring (bicyclic) bond motifs is 2. The van der Waals surface area contributed by atoms with Crippen molar-refractivity contribution >= 4 is 33.9 Å². The van der Waals surface area contributed by atoms with Gasteiger partial charge in [0.1, 0.15) is 5.71 Å². The molecule has 0 spiro atoms. The molecule has 1 aliphatic rings. The van der Waals surface area contributed by atoms with Gasteiger partial charge in [-0.2, -0.15) is 0 Å². The summed E-state index contributed by atoms with van der Waals surface area (Å²) in [5, 5.41) is 1.15. The maximum absolute atomic E-state index is 13.1. The molecular formula is C23H17N3O. The van der Waals surface area contributed by atoms with Crippen molar-refractivity contribution in [2.24, 2.45) is 4.99 Å². The van der Waals surface area contributed by atoms with Crippen molar-refractivity contribution in [1.29, 1.82) is 0 Å². The smallest absolute Gasteiger partial charge is 0.281 e. The lowest BCUT2D eigenvalue weighted by molar-refractivity contribution is -0.111. The van der Waals surface area contributed by atoms with Gasteiger partial charge >= 0.3 is 0 Å². The Morgan fingerprint density at radius 1 is 0.889 bits per heavy atom. The predicted molar refractivity (Wildman–Crippen MR) is 109 cm³/mol. The summed E-state index contributed by atoms with van der Waals surface area (Å²) >= 11 is 0. The minimum atomic E-state index is -0.0786. The Morgan fingerprint density at radius 2 is 1.70 bits per heavy atom. The topological polar surface area (TPSA) is 48.5 Å². The third-order valence-electron chi connectivity index (χ3n) is 4.86. The number of nitrogens with zero attached hydrogens (tertiary/aromatic N) is 2. The number of H-pyrrole nitrogens is 1. The number of anilines is 2. The zero-order valence-electron chi connectivity index (χ0n) is 14.6. The summed E-state index contributed by atoms with van der Waals surface area (Å²) in [4.78, 5) is 22.8. The predicted octanol–water partition coefficient (Wildman–Crippen LogP) is 4.84. The number of para-hydroxylation sites is 2. The number of hydrogen-bond donors (Lipinski definition) is 1. The van der Waals surface area contributed by atoms with Gasteiger partial charge in [-0.25, -0.2) is 0 Å². The number of amides is 1. The molecule has 1 amide bonds. The van der Waals surface area contributed by atoms with E-state index in [1.54, 1.807) is 4.90 Å². The first-order valence-corrected chi connectivity index (χ1v) is 8.91. The molecule has 0 atom stereocenters. The molecule has 1 aromatic heterocycles. The molecular weight excluding hydrogens is 334 g/mol. The molecule has 2 heterocycles. The van der Waals surface area contributed by atoms with Crippen LogP contribution in [0, 0.1) is 0 Å². The van der Waals surface area contributed by atoms with E-state index in [9.17, 15) is 4.79 Å². The van der Waals surface area contributed by atoms with E-state index in [2.05, 4.69) is 11.1 Å². The van der Waals surface area contributed by atoms with Crippen molar-refractivity contribution in [3.8, 4) is 0 Å². The minimum absolute atomic E-state index is 0.0786. The van der Waals surface area contributed by atoms with Crippen LogP contribution in [0.1, 0.15) is 11.1 Å². The third kappa shape index (κ3) is 2.62. The fraction of sp³-hybridized carbons (Fsp3) is 0.0435. The average Bonchev–Trinajstić information content (AvgIpc) is 3.28. The lowest BCUT2D eigenvalue weighted by atomic mass is 10.1. The van der Waals surface area contributed by atoms with Crippen LogP contribution < -0.4 is 4.90 Å². The van der Waals surface area contributed by atoms with E-state index in [0.717, 1.165) is 33.4 Å². The number of aromatic nitrogens is 1. The van der Waals surface area contributed by atoms with E-state index in [-0.39, 0.29) is 5.91 Å². The summed E-state index contributed by atoms with van der Waals surface area (Å²) in [6.07, 6.45) is 1.93. The van der Waals surface area contributed by atoms with Gasteiger partial charge in [0, 0.05) is 23.0 Å². The largest absolute Gasteiger partial charge is 0.361 e. The molecule has 0 aliphatic carbocycles. The monoisotopic (exact) mass is 351 g/mol. The van der Waals surface area contributed by atoms with Gasteiger partial charge in [-0.1, -0.05) is 42.5 Å². The molecule has 27 heavy (non-hydrogen) atoms. The lowest BCUT2D eigenvalue weighted by Gasteiger charge is -2.16. The van der Waals surface area contributed by atoms with E-state index >= 15 is 0 Å². The van der Waals surface area contributed by atoms with Crippen LogP contribution in [0.25, 0.3) is 10.9 Å². The molecule has 4 heteroatoms. The molecule has 1 N–H and O–H groups in total. The van der Waals surface area contributed by atoms with Crippen LogP contribution in [0.3, 0.4) is 0 Å². The van der Waals surface area contributed by atoms with Gasteiger partial charge in [0.15, 0.2) is 0 Å². The molecule has 1 aliphatic heterocycles. The van der Waals surface area contributed by atoms with Gasteiger partial charge in [0.05, 0.1) is 12.2 Å². The molecule has 4 nitrogen and oxygen atoms in total. The minimum Gasteiger partial charge on any atom is -0.361 e. The van der Waals surface area contributed by atoms with E-state index in [1.807, 2.05) is 79.0 Å². The summed E-state index contributed by atoms with van der Waals surface area (Å²) < 4.78 is 0. The van der Waals surface area contributed by atoms with Gasteiger partial charge in [-0.3, -0.25) is 14.7 Å². The second kappa shape index (κ2) is 6.25. The van der Waals surface area contributed by atoms with Crippen LogP contribution in [0.4, 0.5) is 11.4 Å². The number of nitrogens with one attached hydrogen (secondary N) is 1. The fourth-order valence-corrected chi connectivity index (χ4v) is 3.56. The average molecular weight is 351 g/mol. The Balaban J connectivity index is 1.53. The summed E-state index contributed by atoms with van der Waals surface area (Å²) in [7, 11) is 0. The number of benzene rings is 3. The first kappa shape index (κ1) is 15.6. The zero-order chi connectivity index (χ0) is 18.2. The summed E-state index contributed by atoms with van der Waals surface area (Å²) in [5.74, 6) is -0.0786. The Morgan fingerprint density at radius 3 is 2.59 bits per heavy atom. The number of rotatable bonds is 3. The van der Waals surface area contributed by atoms with E-state index in [0.29, 0.717) is 12.3 Å². The van der Waals surface area contributed by atoms with Gasteiger partial charge in [0.25, 0.3) is 5.91 Å². The molecule has 0 saturated heterocycles. The molecule has 0 bridgehead atoms. The van der Waals surface area contributed by atoms with Crippen LogP contribution in [-0.4, -0.2) is 16.6 Å². The molecule has 130 valence electrons. The van der Waals surface area contributed by atoms with Crippen LogP contribution in [0.2, 0.25) is 0 Å². The highest BCUT2D eigenvalue weighted by molar-refractivity contribution is 6.55. The Hall–Kier alpha value is -3.66. The molecule has 4 aromatic rings. The van der Waals surface area contributed by atoms with E-state index in [4.69, 9.17) is 4.99 Å². The zero-order valence-corrected chi connectivity index (χ0v) is 14.6. The number of aliphatic imine (C=N–C) groups is 1. The van der Waals surface area contributed by atoms with Gasteiger partial charge in [-0.15, -0.1) is 0 Å². The lowest BCUT2D eigenvalue weighted by Crippen LogP contribution is -2.25.